The minimum atomic E-state index is -0.707. The molecular formula is C19H20N2O4. The number of benzene rings is 1. The lowest BCUT2D eigenvalue weighted by molar-refractivity contribution is -0.139. The van der Waals surface area contributed by atoms with E-state index in [9.17, 15) is 14.7 Å². The summed E-state index contributed by atoms with van der Waals surface area (Å²) in [7, 11) is 0. The molecule has 6 nitrogen and oxygen atoms in total. The molecule has 6 heteroatoms. The number of piperidine rings is 1. The molecule has 130 valence electrons. The Morgan fingerprint density at radius 1 is 1.24 bits per heavy atom. The fourth-order valence-electron chi connectivity index (χ4n) is 3.98. The number of amides is 1. The molecule has 1 saturated carbocycles. The van der Waals surface area contributed by atoms with E-state index >= 15 is 0 Å². The second-order valence-corrected chi connectivity index (χ2v) is 7.08. The first-order valence-electron chi connectivity index (χ1n) is 8.56. The summed E-state index contributed by atoms with van der Waals surface area (Å²) in [6.45, 7) is 2.92. The third kappa shape index (κ3) is 2.62. The Morgan fingerprint density at radius 3 is 2.52 bits per heavy atom. The van der Waals surface area contributed by atoms with Crippen molar-refractivity contribution in [2.45, 2.75) is 26.2 Å². The van der Waals surface area contributed by atoms with Crippen LogP contribution in [0.15, 0.2) is 34.9 Å². The van der Waals surface area contributed by atoms with Gasteiger partial charge in [-0.25, -0.2) is 0 Å². The normalized spacial score (nSPS) is 21.3. The molecule has 2 aliphatic rings. The number of carboxylic acids is 1. The topological polar surface area (TPSA) is 83.6 Å². The van der Waals surface area contributed by atoms with Gasteiger partial charge in [0.2, 0.25) is 0 Å². The van der Waals surface area contributed by atoms with Crippen LogP contribution in [0, 0.1) is 18.3 Å². The van der Waals surface area contributed by atoms with Gasteiger partial charge in [-0.05, 0) is 31.6 Å². The Morgan fingerprint density at radius 2 is 1.92 bits per heavy atom. The third-order valence-corrected chi connectivity index (χ3v) is 5.66. The summed E-state index contributed by atoms with van der Waals surface area (Å²) in [6, 6.07) is 9.52. The van der Waals surface area contributed by atoms with E-state index < -0.39 is 5.97 Å². The summed E-state index contributed by atoms with van der Waals surface area (Å²) in [5, 5.41) is 13.3. The van der Waals surface area contributed by atoms with Crippen LogP contribution in [0.4, 0.5) is 0 Å². The first-order chi connectivity index (χ1) is 12.0. The molecule has 1 saturated heterocycles. The number of carboxylic acid groups (broad SMARTS) is 1. The highest BCUT2D eigenvalue weighted by molar-refractivity contribution is 6.00. The average molecular weight is 340 g/mol. The molecule has 4 rings (SSSR count). The lowest BCUT2D eigenvalue weighted by atomic mass is 9.90. The van der Waals surface area contributed by atoms with Crippen molar-refractivity contribution in [3.05, 3.63) is 41.7 Å². The summed E-state index contributed by atoms with van der Waals surface area (Å²) in [6.07, 6.45) is 2.24. The minimum Gasteiger partial charge on any atom is -0.481 e. The fraction of sp³-hybridized carbons (Fsp3) is 0.421. The van der Waals surface area contributed by atoms with Gasteiger partial charge in [-0.1, -0.05) is 35.5 Å². The van der Waals surface area contributed by atoms with Crippen LogP contribution in [0.2, 0.25) is 0 Å². The number of hydrogen-bond acceptors (Lipinski definition) is 4. The molecule has 1 amide bonds. The number of aromatic nitrogens is 1. The lowest BCUT2D eigenvalue weighted by Gasteiger charge is -2.32. The smallest absolute Gasteiger partial charge is 0.307 e. The van der Waals surface area contributed by atoms with E-state index in [4.69, 9.17) is 4.52 Å². The Balaban J connectivity index is 1.53. The van der Waals surface area contributed by atoms with Crippen molar-refractivity contribution in [2.24, 2.45) is 11.3 Å². The van der Waals surface area contributed by atoms with Gasteiger partial charge < -0.3 is 14.5 Å². The van der Waals surface area contributed by atoms with E-state index in [-0.39, 0.29) is 17.2 Å². The van der Waals surface area contributed by atoms with Crippen molar-refractivity contribution in [1.82, 2.24) is 10.1 Å². The zero-order valence-electron chi connectivity index (χ0n) is 14.1. The standard InChI is InChI=1S/C19H20N2O4/c1-12-15(16(20-25-12)13-5-3-2-4-6-13)17(22)21-9-7-19(8-10-21)11-14(19)18(23)24/h2-6,14H,7-11H2,1H3,(H,23,24). The number of carbonyl (C=O) groups excluding carboxylic acids is 1. The van der Waals surface area contributed by atoms with Crippen LogP contribution in [0.25, 0.3) is 11.3 Å². The predicted octanol–water partition coefficient (Wildman–Crippen LogP) is 2.98. The Bertz CT molecular complexity index is 819. The maximum absolute atomic E-state index is 13.0. The molecule has 1 aliphatic heterocycles. The highest BCUT2D eigenvalue weighted by Crippen LogP contribution is 2.59. The zero-order chi connectivity index (χ0) is 17.6. The van der Waals surface area contributed by atoms with Gasteiger partial charge in [-0.2, -0.15) is 0 Å². The molecule has 25 heavy (non-hydrogen) atoms. The monoisotopic (exact) mass is 340 g/mol. The van der Waals surface area contributed by atoms with Crippen molar-refractivity contribution in [3.8, 4) is 11.3 Å². The molecule has 2 fully saturated rings. The van der Waals surface area contributed by atoms with Crippen molar-refractivity contribution >= 4 is 11.9 Å². The lowest BCUT2D eigenvalue weighted by Crippen LogP contribution is -2.40. The average Bonchev–Trinajstić information content (AvgIpc) is 3.19. The molecule has 1 atom stereocenters. The molecule has 1 aromatic carbocycles. The second kappa shape index (κ2) is 5.72. The quantitative estimate of drug-likeness (QED) is 0.928. The molecule has 1 spiro atoms. The van der Waals surface area contributed by atoms with E-state index in [0.29, 0.717) is 30.1 Å². The van der Waals surface area contributed by atoms with Crippen molar-refractivity contribution in [1.29, 1.82) is 0 Å². The van der Waals surface area contributed by atoms with E-state index in [1.54, 1.807) is 11.8 Å². The van der Waals surface area contributed by atoms with Crippen LogP contribution in [0.1, 0.15) is 35.4 Å². The highest BCUT2D eigenvalue weighted by Gasteiger charge is 2.59. The first-order valence-corrected chi connectivity index (χ1v) is 8.56. The molecule has 1 unspecified atom stereocenters. The van der Waals surface area contributed by atoms with Crippen LogP contribution in [0.3, 0.4) is 0 Å². The minimum absolute atomic E-state index is 0.0834. The van der Waals surface area contributed by atoms with E-state index in [1.165, 1.54) is 0 Å². The van der Waals surface area contributed by atoms with E-state index in [1.807, 2.05) is 30.3 Å². The fourth-order valence-corrected chi connectivity index (χ4v) is 3.98. The largest absolute Gasteiger partial charge is 0.481 e. The summed E-state index contributed by atoms with van der Waals surface area (Å²) >= 11 is 0. The van der Waals surface area contributed by atoms with Gasteiger partial charge in [0.25, 0.3) is 5.91 Å². The van der Waals surface area contributed by atoms with Gasteiger partial charge in [0.1, 0.15) is 17.0 Å². The Hall–Kier alpha value is -2.63. The summed E-state index contributed by atoms with van der Waals surface area (Å²) in [5.41, 5.74) is 1.84. The number of rotatable bonds is 3. The van der Waals surface area contributed by atoms with Crippen LogP contribution >= 0.6 is 0 Å². The maximum atomic E-state index is 13.0. The van der Waals surface area contributed by atoms with Crippen molar-refractivity contribution < 1.29 is 19.2 Å². The van der Waals surface area contributed by atoms with Gasteiger partial charge in [0, 0.05) is 18.7 Å². The number of likely N-dealkylation sites (tertiary alicyclic amines) is 1. The van der Waals surface area contributed by atoms with E-state index in [0.717, 1.165) is 24.8 Å². The molecule has 2 heterocycles. The summed E-state index contributed by atoms with van der Waals surface area (Å²) in [4.78, 5) is 26.0. The predicted molar refractivity (Wildman–Crippen MR) is 90.0 cm³/mol. The molecule has 0 radical (unpaired) electrons. The number of carbonyl (C=O) groups is 2. The van der Waals surface area contributed by atoms with Gasteiger partial charge in [-0.15, -0.1) is 0 Å². The third-order valence-electron chi connectivity index (χ3n) is 5.66. The van der Waals surface area contributed by atoms with Crippen LogP contribution in [0.5, 0.6) is 0 Å². The summed E-state index contributed by atoms with van der Waals surface area (Å²) < 4.78 is 5.29. The number of aryl methyl sites for hydroxylation is 1. The molecule has 2 aromatic rings. The zero-order valence-corrected chi connectivity index (χ0v) is 14.1. The number of hydrogen-bond donors (Lipinski definition) is 1. The van der Waals surface area contributed by atoms with Gasteiger partial charge in [0.05, 0.1) is 5.92 Å². The SMILES string of the molecule is Cc1onc(-c2ccccc2)c1C(=O)N1CCC2(CC1)CC2C(=O)O. The number of nitrogens with zero attached hydrogens (tertiary/aromatic N) is 2. The van der Waals surface area contributed by atoms with Crippen LogP contribution < -0.4 is 0 Å². The highest BCUT2D eigenvalue weighted by atomic mass is 16.5. The maximum Gasteiger partial charge on any atom is 0.307 e. The Kier molecular flexibility index (Phi) is 3.63. The second-order valence-electron chi connectivity index (χ2n) is 7.08. The number of aliphatic carboxylic acids is 1. The van der Waals surface area contributed by atoms with Gasteiger partial charge in [-0.3, -0.25) is 9.59 Å². The van der Waals surface area contributed by atoms with Gasteiger partial charge in [0.15, 0.2) is 0 Å². The summed E-state index contributed by atoms with van der Waals surface area (Å²) in [5.74, 6) is -0.512. The molecule has 1 aliphatic carbocycles. The van der Waals surface area contributed by atoms with Crippen LogP contribution in [-0.2, 0) is 4.79 Å². The molecular weight excluding hydrogens is 320 g/mol. The molecule has 1 N–H and O–H groups in total. The van der Waals surface area contributed by atoms with Crippen molar-refractivity contribution in [3.63, 3.8) is 0 Å². The first kappa shape index (κ1) is 15.9. The van der Waals surface area contributed by atoms with Crippen molar-refractivity contribution in [2.75, 3.05) is 13.1 Å². The van der Waals surface area contributed by atoms with E-state index in [2.05, 4.69) is 5.16 Å². The van der Waals surface area contributed by atoms with Crippen LogP contribution in [-0.4, -0.2) is 40.1 Å². The molecule has 0 bridgehead atoms. The Labute approximate surface area is 145 Å². The molecule has 1 aromatic heterocycles. The van der Waals surface area contributed by atoms with Gasteiger partial charge >= 0.3 is 5.97 Å².